The van der Waals surface area contributed by atoms with Crippen LogP contribution in [0.25, 0.3) is 10.8 Å². The van der Waals surface area contributed by atoms with Gasteiger partial charge in [-0.3, -0.25) is 4.79 Å². The van der Waals surface area contributed by atoms with Crippen LogP contribution in [0, 0.1) is 0 Å². The van der Waals surface area contributed by atoms with E-state index in [9.17, 15) is 4.79 Å². The fourth-order valence-corrected chi connectivity index (χ4v) is 3.82. The van der Waals surface area contributed by atoms with Gasteiger partial charge in [-0.2, -0.15) is 0 Å². The van der Waals surface area contributed by atoms with Gasteiger partial charge in [0, 0.05) is 42.9 Å². The highest BCUT2D eigenvalue weighted by Crippen LogP contribution is 2.27. The van der Waals surface area contributed by atoms with Crippen molar-refractivity contribution >= 4 is 28.1 Å². The molecule has 0 bridgehead atoms. The van der Waals surface area contributed by atoms with Crippen molar-refractivity contribution < 1.29 is 9.53 Å². The average Bonchev–Trinajstić information content (AvgIpc) is 2.78. The van der Waals surface area contributed by atoms with Crippen molar-refractivity contribution in [1.29, 1.82) is 0 Å². The fourth-order valence-electron chi connectivity index (χ4n) is 3.82. The molecule has 5 heteroatoms. The van der Waals surface area contributed by atoms with Gasteiger partial charge in [-0.15, -0.1) is 0 Å². The van der Waals surface area contributed by atoms with Crippen LogP contribution in [0.15, 0.2) is 66.7 Å². The highest BCUT2D eigenvalue weighted by Gasteiger charge is 2.20. The van der Waals surface area contributed by atoms with Gasteiger partial charge < -0.3 is 19.9 Å². The number of anilines is 2. The Balaban J connectivity index is 1.41. The van der Waals surface area contributed by atoms with Gasteiger partial charge in [-0.05, 0) is 49.2 Å². The van der Waals surface area contributed by atoms with E-state index in [4.69, 9.17) is 4.74 Å². The molecule has 1 aliphatic rings. The molecular formula is C25H29N3O2. The van der Waals surface area contributed by atoms with Crippen LogP contribution >= 0.6 is 0 Å². The summed E-state index contributed by atoms with van der Waals surface area (Å²) in [6.45, 7) is 6.16. The predicted molar refractivity (Wildman–Crippen MR) is 123 cm³/mol. The van der Waals surface area contributed by atoms with Crippen molar-refractivity contribution in [2.75, 3.05) is 43.4 Å². The number of ether oxygens (including phenoxy) is 1. The standard InChI is InChI=1S/C25H29N3O2/c1-3-23(30-24-10-6-8-19-7-4-5-9-22(19)24)25(29)26-20-11-13-21(14-12-20)28-17-15-27(2)16-18-28/h4-14,23H,3,15-18H2,1-2H3,(H,26,29)/t23-/m1/s1. The zero-order valence-electron chi connectivity index (χ0n) is 17.7. The molecule has 1 heterocycles. The summed E-state index contributed by atoms with van der Waals surface area (Å²) in [4.78, 5) is 17.6. The van der Waals surface area contributed by atoms with E-state index in [1.807, 2.05) is 61.5 Å². The number of carbonyl (C=O) groups is 1. The highest BCUT2D eigenvalue weighted by molar-refractivity contribution is 5.95. The first kappa shape index (κ1) is 20.2. The fraction of sp³-hybridized carbons (Fsp3) is 0.320. The number of hydrogen-bond donors (Lipinski definition) is 1. The Morgan fingerprint density at radius 2 is 1.67 bits per heavy atom. The Morgan fingerprint density at radius 3 is 2.40 bits per heavy atom. The summed E-state index contributed by atoms with van der Waals surface area (Å²) in [6.07, 6.45) is 0.0437. The maximum Gasteiger partial charge on any atom is 0.265 e. The van der Waals surface area contributed by atoms with Crippen LogP contribution in [0.4, 0.5) is 11.4 Å². The number of nitrogens with one attached hydrogen (secondary N) is 1. The topological polar surface area (TPSA) is 44.8 Å². The molecule has 1 aliphatic heterocycles. The molecule has 1 N–H and O–H groups in total. The molecule has 156 valence electrons. The minimum Gasteiger partial charge on any atom is -0.480 e. The van der Waals surface area contributed by atoms with E-state index in [0.29, 0.717) is 6.42 Å². The average molecular weight is 404 g/mol. The van der Waals surface area contributed by atoms with Crippen LogP contribution < -0.4 is 15.0 Å². The third kappa shape index (κ3) is 4.57. The van der Waals surface area contributed by atoms with E-state index >= 15 is 0 Å². The lowest BCUT2D eigenvalue weighted by Gasteiger charge is -2.34. The maximum atomic E-state index is 12.9. The lowest BCUT2D eigenvalue weighted by atomic mass is 10.1. The van der Waals surface area contributed by atoms with Crippen LogP contribution in [-0.4, -0.2) is 50.1 Å². The van der Waals surface area contributed by atoms with Crippen molar-refractivity contribution in [3.63, 3.8) is 0 Å². The molecule has 0 unspecified atom stereocenters. The second-order valence-electron chi connectivity index (χ2n) is 7.82. The Morgan fingerprint density at radius 1 is 0.967 bits per heavy atom. The van der Waals surface area contributed by atoms with Crippen LogP contribution in [0.1, 0.15) is 13.3 Å². The summed E-state index contributed by atoms with van der Waals surface area (Å²) in [5.41, 5.74) is 1.98. The minimum absolute atomic E-state index is 0.127. The largest absolute Gasteiger partial charge is 0.480 e. The van der Waals surface area contributed by atoms with Crippen molar-refractivity contribution in [1.82, 2.24) is 4.90 Å². The van der Waals surface area contributed by atoms with E-state index in [1.165, 1.54) is 5.69 Å². The number of likely N-dealkylation sites (N-methyl/N-ethyl adjacent to an activating group) is 1. The lowest BCUT2D eigenvalue weighted by molar-refractivity contribution is -0.122. The number of piperazine rings is 1. The van der Waals surface area contributed by atoms with Gasteiger partial charge >= 0.3 is 0 Å². The second-order valence-corrected chi connectivity index (χ2v) is 7.82. The molecule has 3 aromatic rings. The minimum atomic E-state index is -0.548. The van der Waals surface area contributed by atoms with Crippen molar-refractivity contribution in [2.24, 2.45) is 0 Å². The SMILES string of the molecule is CC[C@@H](Oc1cccc2ccccc12)C(=O)Nc1ccc(N2CCN(C)CC2)cc1. The van der Waals surface area contributed by atoms with E-state index in [0.717, 1.165) is 48.4 Å². The van der Waals surface area contributed by atoms with Gasteiger partial charge in [0.25, 0.3) is 5.91 Å². The maximum absolute atomic E-state index is 12.9. The van der Waals surface area contributed by atoms with E-state index in [-0.39, 0.29) is 5.91 Å². The third-order valence-corrected chi connectivity index (χ3v) is 5.69. The monoisotopic (exact) mass is 403 g/mol. The van der Waals surface area contributed by atoms with Gasteiger partial charge in [0.1, 0.15) is 5.75 Å². The van der Waals surface area contributed by atoms with Gasteiger partial charge in [0.15, 0.2) is 6.10 Å². The first-order valence-corrected chi connectivity index (χ1v) is 10.6. The first-order valence-electron chi connectivity index (χ1n) is 10.6. The zero-order valence-corrected chi connectivity index (χ0v) is 17.7. The molecule has 4 rings (SSSR count). The van der Waals surface area contributed by atoms with E-state index < -0.39 is 6.10 Å². The van der Waals surface area contributed by atoms with Crippen LogP contribution in [0.3, 0.4) is 0 Å². The van der Waals surface area contributed by atoms with Gasteiger partial charge in [0.05, 0.1) is 0 Å². The van der Waals surface area contributed by atoms with Crippen LogP contribution in [0.2, 0.25) is 0 Å². The Labute approximate surface area is 178 Å². The zero-order chi connectivity index (χ0) is 20.9. The number of benzene rings is 3. The summed E-state index contributed by atoms with van der Waals surface area (Å²) >= 11 is 0. The summed E-state index contributed by atoms with van der Waals surface area (Å²) in [5.74, 6) is 0.610. The Hall–Kier alpha value is -3.05. The number of hydrogen-bond acceptors (Lipinski definition) is 4. The Bertz CT molecular complexity index is 989. The predicted octanol–water partition coefficient (Wildman–Crippen LogP) is 4.39. The van der Waals surface area contributed by atoms with Gasteiger partial charge in [0.2, 0.25) is 0 Å². The molecule has 0 saturated carbocycles. The molecule has 0 radical (unpaired) electrons. The van der Waals surface area contributed by atoms with E-state index in [1.54, 1.807) is 0 Å². The van der Waals surface area contributed by atoms with Crippen molar-refractivity contribution in [3.05, 3.63) is 66.7 Å². The molecule has 0 spiro atoms. The summed E-state index contributed by atoms with van der Waals surface area (Å²) < 4.78 is 6.11. The molecule has 1 saturated heterocycles. The number of fused-ring (bicyclic) bond motifs is 1. The molecule has 30 heavy (non-hydrogen) atoms. The highest BCUT2D eigenvalue weighted by atomic mass is 16.5. The summed E-state index contributed by atoms with van der Waals surface area (Å²) in [7, 11) is 2.15. The summed E-state index contributed by atoms with van der Waals surface area (Å²) in [5, 5.41) is 5.13. The van der Waals surface area contributed by atoms with Crippen molar-refractivity contribution in [3.8, 4) is 5.75 Å². The molecule has 1 amide bonds. The lowest BCUT2D eigenvalue weighted by Crippen LogP contribution is -2.44. The molecule has 0 aromatic heterocycles. The normalized spacial score (nSPS) is 15.7. The number of rotatable bonds is 6. The molecular weight excluding hydrogens is 374 g/mol. The molecule has 0 aliphatic carbocycles. The van der Waals surface area contributed by atoms with E-state index in [2.05, 4.69) is 34.3 Å². The first-order chi connectivity index (χ1) is 14.6. The quantitative estimate of drug-likeness (QED) is 0.663. The Kier molecular flexibility index (Phi) is 6.19. The summed E-state index contributed by atoms with van der Waals surface area (Å²) in [6, 6.07) is 22.1. The number of nitrogens with zero attached hydrogens (tertiary/aromatic N) is 2. The second kappa shape index (κ2) is 9.18. The van der Waals surface area contributed by atoms with Crippen LogP contribution in [0.5, 0.6) is 5.75 Å². The van der Waals surface area contributed by atoms with Gasteiger partial charge in [-0.1, -0.05) is 43.3 Å². The molecule has 5 nitrogen and oxygen atoms in total. The van der Waals surface area contributed by atoms with Gasteiger partial charge in [-0.25, -0.2) is 0 Å². The molecule has 3 aromatic carbocycles. The number of amides is 1. The van der Waals surface area contributed by atoms with Crippen molar-refractivity contribution in [2.45, 2.75) is 19.4 Å². The van der Waals surface area contributed by atoms with Crippen LogP contribution in [-0.2, 0) is 4.79 Å². The third-order valence-electron chi connectivity index (χ3n) is 5.69. The molecule has 1 fully saturated rings. The number of carbonyl (C=O) groups excluding carboxylic acids is 1. The smallest absolute Gasteiger partial charge is 0.265 e. The molecule has 1 atom stereocenters.